The van der Waals surface area contributed by atoms with Crippen LogP contribution in [0.5, 0.6) is 0 Å². The summed E-state index contributed by atoms with van der Waals surface area (Å²) < 4.78 is 15.6. The zero-order valence-electron chi connectivity index (χ0n) is 16.3. The van der Waals surface area contributed by atoms with E-state index in [9.17, 15) is 14.0 Å². The number of carbonyl (C=O) groups is 2. The highest BCUT2D eigenvalue weighted by atomic mass is 19.1. The smallest absolute Gasteiger partial charge is 0.291 e. The molecule has 2 amide bonds. The zero-order valence-corrected chi connectivity index (χ0v) is 16.3. The van der Waals surface area contributed by atoms with Crippen molar-refractivity contribution in [1.82, 2.24) is 19.8 Å². The molecule has 0 radical (unpaired) electrons. The Bertz CT molecular complexity index is 862. The Morgan fingerprint density at radius 3 is 2.75 bits per heavy atom. The zero-order chi connectivity index (χ0) is 20.1. The third-order valence-corrected chi connectivity index (χ3v) is 4.73. The normalized spacial score (nSPS) is 13.3. The predicted octanol–water partition coefficient (Wildman–Crippen LogP) is 2.29. The molecule has 1 aromatic heterocycles. The van der Waals surface area contributed by atoms with Crippen molar-refractivity contribution in [2.75, 3.05) is 32.5 Å². The van der Waals surface area contributed by atoms with Gasteiger partial charge in [0.2, 0.25) is 0 Å². The Morgan fingerprint density at radius 1 is 1.21 bits per heavy atom. The number of halogens is 1. The van der Waals surface area contributed by atoms with Gasteiger partial charge in [-0.25, -0.2) is 9.37 Å². The second-order valence-electron chi connectivity index (χ2n) is 7.19. The molecule has 2 N–H and O–H groups in total. The van der Waals surface area contributed by atoms with E-state index in [2.05, 4.69) is 20.5 Å². The summed E-state index contributed by atoms with van der Waals surface area (Å²) in [5.74, 6) is -1.15. The second-order valence-corrected chi connectivity index (χ2v) is 7.19. The number of fused-ring (bicyclic) bond motifs is 1. The minimum absolute atomic E-state index is 0.0929. The Balaban J connectivity index is 1.78. The largest absolute Gasteiger partial charge is 0.351 e. The fourth-order valence-electron chi connectivity index (χ4n) is 3.32. The lowest BCUT2D eigenvalue weighted by atomic mass is 10.1. The second kappa shape index (κ2) is 8.97. The maximum Gasteiger partial charge on any atom is 0.291 e. The molecule has 0 atom stereocenters. The summed E-state index contributed by atoms with van der Waals surface area (Å²) in [7, 11) is 3.96. The van der Waals surface area contributed by atoms with E-state index in [4.69, 9.17) is 0 Å². The molecule has 0 bridgehead atoms. The number of rotatable bonds is 7. The number of amides is 2. The van der Waals surface area contributed by atoms with Crippen LogP contribution < -0.4 is 10.6 Å². The molecular formula is C20H26FN5O2. The maximum atomic E-state index is 13.9. The molecule has 1 aliphatic rings. The third kappa shape index (κ3) is 4.56. The molecule has 1 aliphatic heterocycles. The molecule has 2 aromatic rings. The first-order chi connectivity index (χ1) is 13.5. The molecule has 0 fully saturated rings. The Kier molecular flexibility index (Phi) is 6.41. The molecule has 0 spiro atoms. The molecule has 0 unspecified atom stereocenters. The summed E-state index contributed by atoms with van der Waals surface area (Å²) in [6.07, 6.45) is 3.38. The minimum atomic E-state index is -0.514. The summed E-state index contributed by atoms with van der Waals surface area (Å²) in [6.45, 7) is 2.04. The van der Waals surface area contributed by atoms with E-state index in [0.717, 1.165) is 31.5 Å². The van der Waals surface area contributed by atoms with Crippen LogP contribution in [-0.2, 0) is 13.0 Å². The Hall–Kier alpha value is -2.74. The highest BCUT2D eigenvalue weighted by Crippen LogP contribution is 2.22. The van der Waals surface area contributed by atoms with Gasteiger partial charge in [0.1, 0.15) is 11.5 Å². The minimum Gasteiger partial charge on any atom is -0.351 e. The van der Waals surface area contributed by atoms with E-state index in [1.54, 1.807) is 16.7 Å². The average molecular weight is 387 g/mol. The summed E-state index contributed by atoms with van der Waals surface area (Å²) in [5, 5.41) is 5.44. The maximum absolute atomic E-state index is 13.9. The van der Waals surface area contributed by atoms with Gasteiger partial charge in [0.05, 0.1) is 11.4 Å². The lowest BCUT2D eigenvalue weighted by Gasteiger charge is -2.17. The number of anilines is 1. The summed E-state index contributed by atoms with van der Waals surface area (Å²) in [6, 6.07) is 5.97. The van der Waals surface area contributed by atoms with E-state index >= 15 is 0 Å². The van der Waals surface area contributed by atoms with Gasteiger partial charge in [-0.15, -0.1) is 0 Å². The quantitative estimate of drug-likeness (QED) is 0.715. The number of para-hydroxylation sites is 1. The van der Waals surface area contributed by atoms with Crippen molar-refractivity contribution in [3.8, 4) is 0 Å². The first-order valence-electron chi connectivity index (χ1n) is 9.55. The molecule has 150 valence electrons. The molecule has 0 saturated heterocycles. The van der Waals surface area contributed by atoms with Gasteiger partial charge in [-0.2, -0.15) is 0 Å². The van der Waals surface area contributed by atoms with Gasteiger partial charge in [0.15, 0.2) is 5.82 Å². The van der Waals surface area contributed by atoms with Crippen LogP contribution in [0.4, 0.5) is 10.1 Å². The van der Waals surface area contributed by atoms with Gasteiger partial charge in [-0.05, 0) is 58.5 Å². The van der Waals surface area contributed by atoms with Crippen molar-refractivity contribution in [2.45, 2.75) is 32.2 Å². The van der Waals surface area contributed by atoms with Crippen molar-refractivity contribution < 1.29 is 14.0 Å². The molecule has 0 aliphatic carbocycles. The molecule has 8 heteroatoms. The predicted molar refractivity (Wildman–Crippen MR) is 105 cm³/mol. The van der Waals surface area contributed by atoms with Crippen LogP contribution in [0.3, 0.4) is 0 Å². The van der Waals surface area contributed by atoms with Gasteiger partial charge in [0, 0.05) is 13.1 Å². The fourth-order valence-corrected chi connectivity index (χ4v) is 3.32. The number of benzene rings is 1. The monoisotopic (exact) mass is 387 g/mol. The van der Waals surface area contributed by atoms with Crippen LogP contribution in [0.2, 0.25) is 0 Å². The van der Waals surface area contributed by atoms with E-state index < -0.39 is 11.7 Å². The van der Waals surface area contributed by atoms with Gasteiger partial charge in [-0.3, -0.25) is 9.59 Å². The van der Waals surface area contributed by atoms with Crippen molar-refractivity contribution >= 4 is 17.5 Å². The van der Waals surface area contributed by atoms with E-state index in [1.807, 2.05) is 14.1 Å². The number of carbonyl (C=O) groups excluding carboxylic acids is 2. The lowest BCUT2D eigenvalue weighted by molar-refractivity contribution is 0.0946. The van der Waals surface area contributed by atoms with Crippen molar-refractivity contribution in [3.63, 3.8) is 0 Å². The third-order valence-electron chi connectivity index (χ3n) is 4.73. The molecule has 0 saturated carbocycles. The number of aromatic nitrogens is 2. The van der Waals surface area contributed by atoms with Gasteiger partial charge in [0.25, 0.3) is 11.8 Å². The number of nitrogens with zero attached hydrogens (tertiary/aromatic N) is 3. The van der Waals surface area contributed by atoms with Gasteiger partial charge >= 0.3 is 0 Å². The van der Waals surface area contributed by atoms with Gasteiger partial charge in [-0.1, -0.05) is 12.1 Å². The van der Waals surface area contributed by atoms with Crippen molar-refractivity contribution in [3.05, 3.63) is 47.3 Å². The summed E-state index contributed by atoms with van der Waals surface area (Å²) in [5.41, 5.74) is 1.16. The lowest BCUT2D eigenvalue weighted by Crippen LogP contribution is -2.28. The Labute approximate surface area is 163 Å². The van der Waals surface area contributed by atoms with Crippen LogP contribution in [0, 0.1) is 5.82 Å². The van der Waals surface area contributed by atoms with Crippen LogP contribution in [0.25, 0.3) is 0 Å². The molecule has 28 heavy (non-hydrogen) atoms. The first-order valence-corrected chi connectivity index (χ1v) is 9.55. The SMILES string of the molecule is CN(C)CCCNC(=O)c1nc(C(=O)Nc2ccccc2F)n2c1CCCC2. The average Bonchev–Trinajstić information content (AvgIpc) is 3.07. The molecule has 2 heterocycles. The summed E-state index contributed by atoms with van der Waals surface area (Å²) in [4.78, 5) is 31.7. The number of nitrogens with one attached hydrogen (secondary N) is 2. The van der Waals surface area contributed by atoms with E-state index in [0.29, 0.717) is 25.2 Å². The van der Waals surface area contributed by atoms with Crippen molar-refractivity contribution in [2.24, 2.45) is 0 Å². The Morgan fingerprint density at radius 2 is 2.00 bits per heavy atom. The highest BCUT2D eigenvalue weighted by molar-refractivity contribution is 6.03. The molecule has 3 rings (SSSR count). The fraction of sp³-hybridized carbons (Fsp3) is 0.450. The number of hydrogen-bond donors (Lipinski definition) is 2. The van der Waals surface area contributed by atoms with E-state index in [1.165, 1.54) is 12.1 Å². The molecule has 7 nitrogen and oxygen atoms in total. The highest BCUT2D eigenvalue weighted by Gasteiger charge is 2.27. The van der Waals surface area contributed by atoms with E-state index in [-0.39, 0.29) is 17.4 Å². The first kappa shape index (κ1) is 20.0. The van der Waals surface area contributed by atoms with Crippen LogP contribution in [-0.4, -0.2) is 53.5 Å². The topological polar surface area (TPSA) is 79.3 Å². The van der Waals surface area contributed by atoms with Gasteiger partial charge < -0.3 is 20.1 Å². The van der Waals surface area contributed by atoms with Crippen molar-refractivity contribution in [1.29, 1.82) is 0 Å². The summed E-state index contributed by atoms with van der Waals surface area (Å²) >= 11 is 0. The van der Waals surface area contributed by atoms with Crippen LogP contribution >= 0.6 is 0 Å². The molecular weight excluding hydrogens is 361 g/mol. The van der Waals surface area contributed by atoms with Crippen LogP contribution in [0.1, 0.15) is 46.1 Å². The molecule has 1 aromatic carbocycles. The van der Waals surface area contributed by atoms with Crippen LogP contribution in [0.15, 0.2) is 24.3 Å². The number of hydrogen-bond acceptors (Lipinski definition) is 4. The number of imidazole rings is 1. The standard InChI is InChI=1S/C20H26FN5O2/c1-25(2)12-7-11-22-19(27)17-16-10-5-6-13-26(16)18(24-17)20(28)23-15-9-4-3-8-14(15)21/h3-4,8-9H,5-7,10-13H2,1-2H3,(H,22,27)(H,23,28).